The molecule has 1 radical (unpaired) electrons. The van der Waals surface area contributed by atoms with Crippen LogP contribution in [0.25, 0.3) is 0 Å². The fraction of sp³-hybridized carbons (Fsp3) is 0.474. The number of benzene rings is 1. The molecule has 1 aromatic heterocycles. The van der Waals surface area contributed by atoms with Crippen LogP contribution in [-0.2, 0) is 4.65 Å². The van der Waals surface area contributed by atoms with Crippen molar-refractivity contribution in [1.29, 1.82) is 0 Å². The summed E-state index contributed by atoms with van der Waals surface area (Å²) in [7, 11) is 1.49. The van der Waals surface area contributed by atoms with Gasteiger partial charge in [0.15, 0.2) is 0 Å². The molecule has 1 unspecified atom stereocenters. The molecule has 2 heterocycles. The van der Waals surface area contributed by atoms with Crippen LogP contribution in [0.4, 0.5) is 5.69 Å². The minimum absolute atomic E-state index is 0.0356. The van der Waals surface area contributed by atoms with Gasteiger partial charge in [-0.2, -0.15) is 5.10 Å². The summed E-state index contributed by atoms with van der Waals surface area (Å²) in [6.07, 6.45) is 1.60. The van der Waals surface area contributed by atoms with Gasteiger partial charge in [-0.3, -0.25) is 9.48 Å². The van der Waals surface area contributed by atoms with Gasteiger partial charge in [0.1, 0.15) is 5.69 Å². The molecule has 1 amide bonds. The predicted octanol–water partition coefficient (Wildman–Crippen LogP) is 3.22. The Morgan fingerprint density at radius 1 is 1.25 bits per heavy atom. The number of nitrogens with zero attached hydrogens (tertiary/aromatic N) is 3. The Kier molecular flexibility index (Phi) is 5.58. The quantitative estimate of drug-likeness (QED) is 0.751. The van der Waals surface area contributed by atoms with Crippen molar-refractivity contribution in [3.05, 3.63) is 40.1 Å². The van der Waals surface area contributed by atoms with E-state index in [1.807, 2.05) is 6.92 Å². The molecule has 28 heavy (non-hydrogen) atoms. The first-order valence-corrected chi connectivity index (χ1v) is 9.76. The molecule has 0 bridgehead atoms. The number of fused-ring (bicyclic) bond motifs is 1. The van der Waals surface area contributed by atoms with E-state index in [1.54, 1.807) is 61.7 Å². The van der Waals surface area contributed by atoms with Crippen molar-refractivity contribution >= 4 is 47.7 Å². The smallest absolute Gasteiger partial charge is 0.334 e. The molecule has 1 atom stereocenters. The van der Waals surface area contributed by atoms with Gasteiger partial charge in [0.25, 0.3) is 5.91 Å². The molecule has 149 valence electrons. The van der Waals surface area contributed by atoms with Crippen molar-refractivity contribution < 1.29 is 14.6 Å². The second kappa shape index (κ2) is 7.37. The number of hydrogen-bond donors (Lipinski definition) is 1. The molecular weight excluding hydrogens is 400 g/mol. The number of anilines is 1. The van der Waals surface area contributed by atoms with Crippen molar-refractivity contribution in [3.8, 4) is 0 Å². The lowest BCUT2D eigenvalue weighted by Gasteiger charge is -2.37. The maximum atomic E-state index is 13.2. The molecule has 6 nitrogen and oxygen atoms in total. The molecule has 1 aliphatic heterocycles. The normalized spacial score (nSPS) is 17.6. The van der Waals surface area contributed by atoms with E-state index in [1.165, 1.54) is 7.48 Å². The number of aliphatic hydroxyl groups is 1. The summed E-state index contributed by atoms with van der Waals surface area (Å²) in [4.78, 5) is 14.9. The lowest BCUT2D eigenvalue weighted by molar-refractivity contribution is -0.0893. The maximum absolute atomic E-state index is 13.2. The van der Waals surface area contributed by atoms with E-state index >= 15 is 0 Å². The van der Waals surface area contributed by atoms with Gasteiger partial charge in [-0.1, -0.05) is 23.2 Å². The number of carbonyl (C=O) groups is 1. The molecule has 1 N–H and O–H groups in total. The summed E-state index contributed by atoms with van der Waals surface area (Å²) in [5.74, 6) is -0.204. The number of rotatable bonds is 5. The van der Waals surface area contributed by atoms with Crippen molar-refractivity contribution in [3.63, 3.8) is 0 Å². The van der Waals surface area contributed by atoms with Gasteiger partial charge >= 0.3 is 7.48 Å². The lowest BCUT2D eigenvalue weighted by atomic mass is 9.82. The van der Waals surface area contributed by atoms with E-state index < -0.39 is 11.2 Å². The average Bonchev–Trinajstić information content (AvgIpc) is 3.03. The lowest BCUT2D eigenvalue weighted by Crippen LogP contribution is -2.50. The van der Waals surface area contributed by atoms with Gasteiger partial charge in [-0.25, -0.2) is 0 Å². The highest BCUT2D eigenvalue weighted by Crippen LogP contribution is 2.31. The molecule has 0 aliphatic carbocycles. The summed E-state index contributed by atoms with van der Waals surface area (Å²) in [5, 5.41) is 15.5. The van der Waals surface area contributed by atoms with Gasteiger partial charge < -0.3 is 14.7 Å². The van der Waals surface area contributed by atoms with Gasteiger partial charge in [0.2, 0.25) is 0 Å². The predicted molar refractivity (Wildman–Crippen MR) is 112 cm³/mol. The van der Waals surface area contributed by atoms with E-state index in [0.29, 0.717) is 33.4 Å². The number of carbonyl (C=O) groups excluding carboxylic acids is 1. The van der Waals surface area contributed by atoms with E-state index in [2.05, 4.69) is 5.10 Å². The third-order valence-electron chi connectivity index (χ3n) is 5.30. The van der Waals surface area contributed by atoms with E-state index in [0.717, 1.165) is 0 Å². The molecule has 0 fully saturated rings. The van der Waals surface area contributed by atoms with Crippen molar-refractivity contribution in [2.75, 3.05) is 11.4 Å². The Balaban J connectivity index is 1.91. The minimum atomic E-state index is -1.07. The molecular formula is C19H23BCl2N3O3. The Bertz CT molecular complexity index is 908. The van der Waals surface area contributed by atoms with Crippen LogP contribution in [0.5, 0.6) is 0 Å². The van der Waals surface area contributed by atoms with Crippen LogP contribution >= 0.6 is 23.2 Å². The van der Waals surface area contributed by atoms with Crippen LogP contribution in [0, 0.1) is 0 Å². The Morgan fingerprint density at radius 2 is 1.93 bits per heavy atom. The van der Waals surface area contributed by atoms with Crippen LogP contribution in [0.15, 0.2) is 24.4 Å². The van der Waals surface area contributed by atoms with Crippen molar-refractivity contribution in [2.24, 2.45) is 0 Å². The van der Waals surface area contributed by atoms with Crippen molar-refractivity contribution in [2.45, 2.75) is 51.9 Å². The molecule has 9 heteroatoms. The second-order valence-corrected chi connectivity index (χ2v) is 8.88. The molecule has 3 rings (SSSR count). The molecule has 0 saturated heterocycles. The first-order valence-electron chi connectivity index (χ1n) is 9.00. The highest BCUT2D eigenvalue weighted by Gasteiger charge is 2.38. The topological polar surface area (TPSA) is 67.6 Å². The number of halogens is 2. The first-order chi connectivity index (χ1) is 12.9. The largest absolute Gasteiger partial charge is 0.426 e. The maximum Gasteiger partial charge on any atom is 0.334 e. The third kappa shape index (κ3) is 3.81. The van der Waals surface area contributed by atoms with Crippen LogP contribution in [0.3, 0.4) is 0 Å². The average molecular weight is 423 g/mol. The Labute approximate surface area is 175 Å². The standard InChI is InChI=1S/C19H23BCl2N3O3/c1-11-10-24(12-6-7-14(21)15(22)8-12)17(26)16-13(9-23-25(11)16)20-28-19(4,5)18(2,3)27/h6-9,11,27H,10H2,1-5H3. The monoisotopic (exact) mass is 422 g/mol. The summed E-state index contributed by atoms with van der Waals surface area (Å²) < 4.78 is 7.52. The second-order valence-electron chi connectivity index (χ2n) is 8.06. The SMILES string of the molecule is CC1CN(c2ccc(Cl)c(Cl)c2)C(=O)c2c([B]OC(C)(C)C(C)(C)O)cnn21. The minimum Gasteiger partial charge on any atom is -0.426 e. The van der Waals surface area contributed by atoms with Crippen molar-refractivity contribution in [1.82, 2.24) is 9.78 Å². The van der Waals surface area contributed by atoms with Gasteiger partial charge in [-0.05, 0) is 58.3 Å². The zero-order valence-electron chi connectivity index (χ0n) is 16.5. The van der Waals surface area contributed by atoms with Crippen LogP contribution in [0.2, 0.25) is 10.0 Å². The Morgan fingerprint density at radius 3 is 2.54 bits per heavy atom. The summed E-state index contributed by atoms with van der Waals surface area (Å²) in [6.45, 7) is 9.36. The molecule has 0 saturated carbocycles. The number of hydrogen-bond acceptors (Lipinski definition) is 4. The fourth-order valence-electron chi connectivity index (χ4n) is 2.80. The number of amides is 1. The highest BCUT2D eigenvalue weighted by molar-refractivity contribution is 6.49. The summed E-state index contributed by atoms with van der Waals surface area (Å²) >= 11 is 12.1. The summed E-state index contributed by atoms with van der Waals surface area (Å²) in [5.41, 5.74) is -0.271. The molecule has 1 aromatic carbocycles. The van der Waals surface area contributed by atoms with Gasteiger partial charge in [-0.15, -0.1) is 0 Å². The zero-order chi connectivity index (χ0) is 20.9. The number of aromatic nitrogens is 2. The molecule has 1 aliphatic rings. The molecule has 2 aromatic rings. The summed E-state index contributed by atoms with van der Waals surface area (Å²) in [6, 6.07) is 5.08. The van der Waals surface area contributed by atoms with Crippen LogP contribution < -0.4 is 10.4 Å². The third-order valence-corrected chi connectivity index (χ3v) is 6.04. The molecule has 0 spiro atoms. The van der Waals surface area contributed by atoms with Gasteiger partial charge in [0.05, 0.1) is 27.3 Å². The zero-order valence-corrected chi connectivity index (χ0v) is 18.0. The van der Waals surface area contributed by atoms with Crippen LogP contribution in [0.1, 0.15) is 51.1 Å². The van der Waals surface area contributed by atoms with Gasteiger partial charge in [0, 0.05) is 18.4 Å². The van der Waals surface area contributed by atoms with E-state index in [9.17, 15) is 9.90 Å². The highest BCUT2D eigenvalue weighted by atomic mass is 35.5. The fourth-order valence-corrected chi connectivity index (χ4v) is 3.09. The Hall–Kier alpha value is -1.54. The van der Waals surface area contributed by atoms with E-state index in [4.69, 9.17) is 27.9 Å². The van der Waals surface area contributed by atoms with E-state index in [-0.39, 0.29) is 11.9 Å². The van der Waals surface area contributed by atoms with Crippen LogP contribution in [-0.4, -0.2) is 46.0 Å². The first kappa shape index (κ1) is 21.2.